The van der Waals surface area contributed by atoms with E-state index < -0.39 is 0 Å². The van der Waals surface area contributed by atoms with Crippen molar-refractivity contribution < 1.29 is 0 Å². The zero-order valence-corrected chi connectivity index (χ0v) is 12.0. The molecule has 94 valence electrons. The van der Waals surface area contributed by atoms with E-state index in [-0.39, 0.29) is 0 Å². The largest absolute Gasteiger partial charge is 0.381 e. The average Bonchev–Trinajstić information content (AvgIpc) is 2.36. The highest BCUT2D eigenvalue weighted by molar-refractivity contribution is 7.98. The highest BCUT2D eigenvalue weighted by Crippen LogP contribution is 2.18. The molecule has 2 heteroatoms. The summed E-state index contributed by atoms with van der Waals surface area (Å²) in [5.41, 5.74) is 5.16. The van der Waals surface area contributed by atoms with Gasteiger partial charge in [0.1, 0.15) is 0 Å². The van der Waals surface area contributed by atoms with Gasteiger partial charge in [-0.05, 0) is 49.9 Å². The van der Waals surface area contributed by atoms with Gasteiger partial charge in [-0.15, -0.1) is 11.8 Å². The lowest BCUT2D eigenvalue weighted by Crippen LogP contribution is -2.00. The molecule has 18 heavy (non-hydrogen) atoms. The molecule has 0 fully saturated rings. The van der Waals surface area contributed by atoms with E-state index in [2.05, 4.69) is 67.9 Å². The monoisotopic (exact) mass is 257 g/mol. The van der Waals surface area contributed by atoms with Crippen LogP contribution < -0.4 is 5.32 Å². The maximum atomic E-state index is 3.46. The van der Waals surface area contributed by atoms with Crippen molar-refractivity contribution in [3.05, 3.63) is 59.2 Å². The third kappa shape index (κ3) is 3.54. The summed E-state index contributed by atoms with van der Waals surface area (Å²) in [6, 6.07) is 15.2. The molecule has 0 amide bonds. The van der Waals surface area contributed by atoms with Gasteiger partial charge in [-0.2, -0.15) is 0 Å². The minimum atomic E-state index is 0.876. The van der Waals surface area contributed by atoms with Gasteiger partial charge in [0.15, 0.2) is 0 Å². The summed E-state index contributed by atoms with van der Waals surface area (Å²) in [6.45, 7) is 5.16. The van der Waals surface area contributed by atoms with Crippen LogP contribution in [0.4, 0.5) is 5.69 Å². The van der Waals surface area contributed by atoms with Gasteiger partial charge < -0.3 is 5.32 Å². The second-order valence-corrected chi connectivity index (χ2v) is 5.46. The molecule has 2 rings (SSSR count). The molecule has 0 aromatic heterocycles. The Balaban J connectivity index is 2.01. The van der Waals surface area contributed by atoms with Crippen LogP contribution in [0.15, 0.2) is 47.4 Å². The smallest absolute Gasteiger partial charge is 0.0400 e. The Morgan fingerprint density at radius 3 is 2.11 bits per heavy atom. The number of thioether (sulfide) groups is 1. The van der Waals surface area contributed by atoms with E-state index in [4.69, 9.17) is 0 Å². The van der Waals surface area contributed by atoms with Crippen molar-refractivity contribution in [3.8, 4) is 0 Å². The van der Waals surface area contributed by atoms with Crippen molar-refractivity contribution >= 4 is 17.4 Å². The van der Waals surface area contributed by atoms with Gasteiger partial charge in [0.05, 0.1) is 0 Å². The molecule has 0 heterocycles. The minimum absolute atomic E-state index is 0.876. The molecule has 2 aromatic carbocycles. The van der Waals surface area contributed by atoms with Crippen LogP contribution >= 0.6 is 11.8 Å². The van der Waals surface area contributed by atoms with Gasteiger partial charge in [0.25, 0.3) is 0 Å². The summed E-state index contributed by atoms with van der Waals surface area (Å²) < 4.78 is 0. The van der Waals surface area contributed by atoms with Gasteiger partial charge in [0, 0.05) is 17.1 Å². The molecule has 0 aliphatic carbocycles. The van der Waals surface area contributed by atoms with Crippen LogP contribution in [0, 0.1) is 13.8 Å². The normalized spacial score (nSPS) is 10.4. The predicted octanol–water partition coefficient (Wildman–Crippen LogP) is 4.64. The van der Waals surface area contributed by atoms with Crippen LogP contribution in [0.25, 0.3) is 0 Å². The molecule has 0 saturated heterocycles. The molecular weight excluding hydrogens is 238 g/mol. The first kappa shape index (κ1) is 13.0. The standard InChI is InChI=1S/C16H19NS/c1-12-8-13(2)10-14(9-12)11-17-15-4-6-16(18-3)7-5-15/h4-10,17H,11H2,1-3H3. The first-order chi connectivity index (χ1) is 8.67. The molecule has 0 unspecified atom stereocenters. The number of anilines is 1. The molecule has 1 N–H and O–H groups in total. The molecular formula is C16H19NS. The van der Waals surface area contributed by atoms with Crippen molar-refractivity contribution in [3.63, 3.8) is 0 Å². The van der Waals surface area contributed by atoms with Crippen molar-refractivity contribution in [2.24, 2.45) is 0 Å². The van der Waals surface area contributed by atoms with E-state index in [9.17, 15) is 0 Å². The van der Waals surface area contributed by atoms with Gasteiger partial charge >= 0.3 is 0 Å². The Bertz CT molecular complexity index is 497. The lowest BCUT2D eigenvalue weighted by Gasteiger charge is -2.09. The van der Waals surface area contributed by atoms with E-state index in [1.54, 1.807) is 11.8 Å². The minimum Gasteiger partial charge on any atom is -0.381 e. The quantitative estimate of drug-likeness (QED) is 0.801. The first-order valence-electron chi connectivity index (χ1n) is 6.12. The van der Waals surface area contributed by atoms with Gasteiger partial charge in [-0.3, -0.25) is 0 Å². The molecule has 0 aliphatic rings. The third-order valence-corrected chi connectivity index (χ3v) is 3.61. The van der Waals surface area contributed by atoms with Crippen molar-refractivity contribution in [2.45, 2.75) is 25.3 Å². The Morgan fingerprint density at radius 2 is 1.56 bits per heavy atom. The fourth-order valence-corrected chi connectivity index (χ4v) is 2.49. The molecule has 0 atom stereocenters. The second kappa shape index (κ2) is 5.96. The molecule has 2 aromatic rings. The predicted molar refractivity (Wildman–Crippen MR) is 81.5 cm³/mol. The summed E-state index contributed by atoms with van der Waals surface area (Å²) in [6.07, 6.45) is 2.10. The van der Waals surface area contributed by atoms with Crippen LogP contribution in [-0.2, 0) is 6.54 Å². The SMILES string of the molecule is CSc1ccc(NCc2cc(C)cc(C)c2)cc1. The lowest BCUT2D eigenvalue weighted by atomic mass is 10.1. The Hall–Kier alpha value is -1.41. The van der Waals surface area contributed by atoms with Crippen LogP contribution in [0.1, 0.15) is 16.7 Å². The van der Waals surface area contributed by atoms with Crippen LogP contribution in [0.2, 0.25) is 0 Å². The lowest BCUT2D eigenvalue weighted by molar-refractivity contribution is 1.13. The fraction of sp³-hybridized carbons (Fsp3) is 0.250. The Morgan fingerprint density at radius 1 is 0.944 bits per heavy atom. The highest BCUT2D eigenvalue weighted by atomic mass is 32.2. The maximum absolute atomic E-state index is 3.46. The number of benzene rings is 2. The van der Waals surface area contributed by atoms with Crippen molar-refractivity contribution in [1.82, 2.24) is 0 Å². The summed E-state index contributed by atoms with van der Waals surface area (Å²) in [5, 5.41) is 3.46. The number of rotatable bonds is 4. The van der Waals surface area contributed by atoms with Crippen LogP contribution in [0.3, 0.4) is 0 Å². The second-order valence-electron chi connectivity index (χ2n) is 4.58. The summed E-state index contributed by atoms with van der Waals surface area (Å²) in [4.78, 5) is 1.30. The fourth-order valence-electron chi connectivity index (χ4n) is 2.08. The summed E-state index contributed by atoms with van der Waals surface area (Å²) in [5.74, 6) is 0. The summed E-state index contributed by atoms with van der Waals surface area (Å²) in [7, 11) is 0. The Labute approximate surface area is 114 Å². The summed E-state index contributed by atoms with van der Waals surface area (Å²) >= 11 is 1.77. The van der Waals surface area contributed by atoms with Crippen molar-refractivity contribution in [1.29, 1.82) is 0 Å². The van der Waals surface area contributed by atoms with E-state index in [1.807, 2.05) is 0 Å². The molecule has 0 saturated carbocycles. The zero-order chi connectivity index (χ0) is 13.0. The molecule has 0 spiro atoms. The van der Waals surface area contributed by atoms with Crippen molar-refractivity contribution in [2.75, 3.05) is 11.6 Å². The Kier molecular flexibility index (Phi) is 4.32. The topological polar surface area (TPSA) is 12.0 Å². The van der Waals surface area contributed by atoms with E-state index in [0.29, 0.717) is 0 Å². The highest BCUT2D eigenvalue weighted by Gasteiger charge is 1.97. The number of nitrogens with one attached hydrogen (secondary N) is 1. The van der Waals surface area contributed by atoms with Crippen LogP contribution in [0.5, 0.6) is 0 Å². The van der Waals surface area contributed by atoms with E-state index in [0.717, 1.165) is 6.54 Å². The number of aryl methyl sites for hydroxylation is 2. The van der Waals surface area contributed by atoms with E-state index >= 15 is 0 Å². The maximum Gasteiger partial charge on any atom is 0.0400 e. The molecule has 1 nitrogen and oxygen atoms in total. The third-order valence-electron chi connectivity index (χ3n) is 2.87. The zero-order valence-electron chi connectivity index (χ0n) is 11.2. The van der Waals surface area contributed by atoms with Gasteiger partial charge in [-0.1, -0.05) is 29.3 Å². The first-order valence-corrected chi connectivity index (χ1v) is 7.35. The van der Waals surface area contributed by atoms with Gasteiger partial charge in [-0.25, -0.2) is 0 Å². The average molecular weight is 257 g/mol. The number of hydrogen-bond donors (Lipinski definition) is 1. The van der Waals surface area contributed by atoms with Gasteiger partial charge in [0.2, 0.25) is 0 Å². The molecule has 0 bridgehead atoms. The molecule has 0 radical (unpaired) electrons. The van der Waals surface area contributed by atoms with Crippen LogP contribution in [-0.4, -0.2) is 6.26 Å². The van der Waals surface area contributed by atoms with E-state index in [1.165, 1.54) is 27.3 Å². The number of hydrogen-bond acceptors (Lipinski definition) is 2. The molecule has 0 aliphatic heterocycles.